The molecule has 1 fully saturated rings. The van der Waals surface area contributed by atoms with Crippen molar-refractivity contribution in [1.82, 2.24) is 15.1 Å². The third-order valence-corrected chi connectivity index (χ3v) is 5.11. The minimum Gasteiger partial charge on any atom is -0.385 e. The summed E-state index contributed by atoms with van der Waals surface area (Å²) in [6, 6.07) is 17.3. The second-order valence-electron chi connectivity index (χ2n) is 7.23. The van der Waals surface area contributed by atoms with Gasteiger partial charge in [-0.05, 0) is 36.2 Å². The van der Waals surface area contributed by atoms with Crippen LogP contribution >= 0.6 is 0 Å². The first-order valence-electron chi connectivity index (χ1n) is 10.1. The van der Waals surface area contributed by atoms with Gasteiger partial charge in [0.1, 0.15) is 0 Å². The van der Waals surface area contributed by atoms with E-state index < -0.39 is 0 Å². The molecule has 1 N–H and O–H groups in total. The van der Waals surface area contributed by atoms with Crippen molar-refractivity contribution in [2.75, 3.05) is 46.4 Å². The Bertz CT molecular complexity index is 785. The average molecular weight is 396 g/mol. The lowest BCUT2D eigenvalue weighted by molar-refractivity contribution is 0.0628. The van der Waals surface area contributed by atoms with Crippen molar-refractivity contribution >= 4 is 11.8 Å². The van der Waals surface area contributed by atoms with E-state index in [2.05, 4.69) is 34.5 Å². The van der Waals surface area contributed by atoms with Gasteiger partial charge in [-0.1, -0.05) is 30.3 Å². The quantitative estimate of drug-likeness (QED) is 0.698. The van der Waals surface area contributed by atoms with Gasteiger partial charge in [-0.25, -0.2) is 0 Å². The van der Waals surface area contributed by atoms with Crippen LogP contribution in [0, 0.1) is 0 Å². The number of hydrogen-bond donors (Lipinski definition) is 1. The number of hydrogen-bond acceptors (Lipinski definition) is 4. The predicted molar refractivity (Wildman–Crippen MR) is 113 cm³/mol. The number of nitrogens with zero attached hydrogens (tertiary/aromatic N) is 2. The lowest BCUT2D eigenvalue weighted by atomic mass is 10.1. The van der Waals surface area contributed by atoms with Gasteiger partial charge in [-0.15, -0.1) is 0 Å². The Morgan fingerprint density at radius 3 is 2.24 bits per heavy atom. The van der Waals surface area contributed by atoms with Gasteiger partial charge >= 0.3 is 0 Å². The van der Waals surface area contributed by atoms with Gasteiger partial charge in [0, 0.05) is 64.1 Å². The summed E-state index contributed by atoms with van der Waals surface area (Å²) in [5.41, 5.74) is 2.48. The van der Waals surface area contributed by atoms with Crippen molar-refractivity contribution < 1.29 is 14.3 Å². The molecule has 0 saturated carbocycles. The van der Waals surface area contributed by atoms with E-state index in [1.54, 1.807) is 31.4 Å². The van der Waals surface area contributed by atoms with Crippen LogP contribution in [-0.4, -0.2) is 68.1 Å². The Morgan fingerprint density at radius 2 is 1.59 bits per heavy atom. The Kier molecular flexibility index (Phi) is 7.78. The topological polar surface area (TPSA) is 61.9 Å². The number of carbonyl (C=O) groups is 2. The van der Waals surface area contributed by atoms with E-state index in [0.717, 1.165) is 26.1 Å². The van der Waals surface area contributed by atoms with E-state index in [9.17, 15) is 9.59 Å². The molecule has 1 aliphatic rings. The number of ether oxygens (including phenoxy) is 1. The fraction of sp³-hybridized carbons (Fsp3) is 0.391. The zero-order valence-electron chi connectivity index (χ0n) is 17.0. The fourth-order valence-corrected chi connectivity index (χ4v) is 3.42. The van der Waals surface area contributed by atoms with Crippen molar-refractivity contribution in [3.8, 4) is 0 Å². The van der Waals surface area contributed by atoms with Gasteiger partial charge in [-0.3, -0.25) is 14.5 Å². The number of benzene rings is 2. The minimum atomic E-state index is -0.130. The van der Waals surface area contributed by atoms with Crippen LogP contribution in [0.2, 0.25) is 0 Å². The van der Waals surface area contributed by atoms with E-state index >= 15 is 0 Å². The van der Waals surface area contributed by atoms with Crippen LogP contribution in [0.5, 0.6) is 0 Å². The van der Waals surface area contributed by atoms with Crippen LogP contribution in [0.3, 0.4) is 0 Å². The first-order valence-corrected chi connectivity index (χ1v) is 10.1. The van der Waals surface area contributed by atoms with Crippen molar-refractivity contribution in [3.63, 3.8) is 0 Å². The Labute approximate surface area is 172 Å². The summed E-state index contributed by atoms with van der Waals surface area (Å²) < 4.78 is 4.97. The molecule has 1 aliphatic heterocycles. The van der Waals surface area contributed by atoms with Crippen LogP contribution in [-0.2, 0) is 11.3 Å². The number of carbonyl (C=O) groups excluding carboxylic acids is 2. The highest BCUT2D eigenvalue weighted by molar-refractivity contribution is 5.97. The summed E-state index contributed by atoms with van der Waals surface area (Å²) in [5, 5.41) is 2.85. The van der Waals surface area contributed by atoms with Crippen LogP contribution < -0.4 is 5.32 Å². The Morgan fingerprint density at radius 1 is 0.931 bits per heavy atom. The summed E-state index contributed by atoms with van der Waals surface area (Å²) in [5.74, 6) is -0.106. The molecule has 0 unspecified atom stereocenters. The molecule has 2 amide bonds. The maximum absolute atomic E-state index is 12.8. The van der Waals surface area contributed by atoms with Gasteiger partial charge < -0.3 is 15.0 Å². The Balaban J connectivity index is 1.47. The highest BCUT2D eigenvalue weighted by atomic mass is 16.5. The van der Waals surface area contributed by atoms with Crippen molar-refractivity contribution in [3.05, 3.63) is 71.3 Å². The first-order chi connectivity index (χ1) is 14.2. The summed E-state index contributed by atoms with van der Waals surface area (Å²) in [6.45, 7) is 5.26. The van der Waals surface area contributed by atoms with E-state index in [0.29, 0.717) is 37.4 Å². The van der Waals surface area contributed by atoms with Gasteiger partial charge in [0.15, 0.2) is 0 Å². The number of methoxy groups -OCH3 is 1. The molecule has 6 nitrogen and oxygen atoms in total. The molecule has 0 aliphatic carbocycles. The van der Waals surface area contributed by atoms with E-state index in [1.807, 2.05) is 11.0 Å². The third kappa shape index (κ3) is 6.14. The largest absolute Gasteiger partial charge is 0.385 e. The monoisotopic (exact) mass is 395 g/mol. The number of amides is 2. The Hall–Kier alpha value is -2.70. The standard InChI is InChI=1S/C23H29N3O3/c1-29-17-5-12-24-22(27)20-8-10-21(11-9-20)23(28)26-15-13-25(14-16-26)18-19-6-3-2-4-7-19/h2-4,6-11H,5,12-18H2,1H3,(H,24,27). The molecular formula is C23H29N3O3. The van der Waals surface area contributed by atoms with Crippen molar-refractivity contribution in [1.29, 1.82) is 0 Å². The molecule has 0 atom stereocenters. The molecule has 0 spiro atoms. The number of piperazine rings is 1. The van der Waals surface area contributed by atoms with Gasteiger partial charge in [0.2, 0.25) is 0 Å². The highest BCUT2D eigenvalue weighted by Crippen LogP contribution is 2.13. The molecule has 2 aromatic carbocycles. The van der Waals surface area contributed by atoms with Crippen LogP contribution in [0.4, 0.5) is 0 Å². The lowest BCUT2D eigenvalue weighted by Crippen LogP contribution is -2.48. The number of nitrogens with one attached hydrogen (secondary N) is 1. The fourth-order valence-electron chi connectivity index (χ4n) is 3.42. The third-order valence-electron chi connectivity index (χ3n) is 5.11. The van der Waals surface area contributed by atoms with Crippen LogP contribution in [0.25, 0.3) is 0 Å². The summed E-state index contributed by atoms with van der Waals surface area (Å²) in [4.78, 5) is 29.2. The zero-order valence-corrected chi connectivity index (χ0v) is 17.0. The zero-order chi connectivity index (χ0) is 20.5. The molecule has 0 radical (unpaired) electrons. The van der Waals surface area contributed by atoms with E-state index in [-0.39, 0.29) is 11.8 Å². The lowest BCUT2D eigenvalue weighted by Gasteiger charge is -2.34. The second-order valence-corrected chi connectivity index (χ2v) is 7.23. The van der Waals surface area contributed by atoms with Gasteiger partial charge in [-0.2, -0.15) is 0 Å². The second kappa shape index (κ2) is 10.7. The van der Waals surface area contributed by atoms with Crippen molar-refractivity contribution in [2.24, 2.45) is 0 Å². The molecule has 0 aromatic heterocycles. The summed E-state index contributed by atoms with van der Waals surface area (Å²) in [7, 11) is 1.64. The summed E-state index contributed by atoms with van der Waals surface area (Å²) in [6.07, 6.45) is 0.773. The molecule has 0 bridgehead atoms. The smallest absolute Gasteiger partial charge is 0.253 e. The van der Waals surface area contributed by atoms with E-state index in [4.69, 9.17) is 4.74 Å². The van der Waals surface area contributed by atoms with Gasteiger partial charge in [0.25, 0.3) is 11.8 Å². The number of rotatable bonds is 8. The average Bonchev–Trinajstić information content (AvgIpc) is 2.77. The maximum Gasteiger partial charge on any atom is 0.253 e. The maximum atomic E-state index is 12.8. The molecule has 1 saturated heterocycles. The molecule has 29 heavy (non-hydrogen) atoms. The predicted octanol–water partition coefficient (Wildman–Crippen LogP) is 2.41. The van der Waals surface area contributed by atoms with Crippen molar-refractivity contribution in [2.45, 2.75) is 13.0 Å². The summed E-state index contributed by atoms with van der Waals surface area (Å²) >= 11 is 0. The molecule has 6 heteroatoms. The molecule has 1 heterocycles. The van der Waals surface area contributed by atoms with E-state index in [1.165, 1.54) is 5.56 Å². The highest BCUT2D eigenvalue weighted by Gasteiger charge is 2.22. The van der Waals surface area contributed by atoms with Crippen LogP contribution in [0.15, 0.2) is 54.6 Å². The van der Waals surface area contributed by atoms with Gasteiger partial charge in [0.05, 0.1) is 0 Å². The normalized spacial score (nSPS) is 14.6. The first kappa shape index (κ1) is 21.0. The molecular weight excluding hydrogens is 366 g/mol. The SMILES string of the molecule is COCCCNC(=O)c1ccc(C(=O)N2CCN(Cc3ccccc3)CC2)cc1. The minimum absolute atomic E-state index is 0.0245. The molecule has 154 valence electrons. The van der Waals surface area contributed by atoms with Crippen LogP contribution in [0.1, 0.15) is 32.7 Å². The molecule has 2 aromatic rings. The molecule has 3 rings (SSSR count).